The van der Waals surface area contributed by atoms with E-state index in [9.17, 15) is 25.2 Å². The fourth-order valence-corrected chi connectivity index (χ4v) is 4.50. The number of carboxylic acid groups (broad SMARTS) is 2. The first-order chi connectivity index (χ1) is 19.7. The molecular weight excluding hydrogens is 733 g/mol. The Morgan fingerprint density at radius 3 is 1.93 bits per heavy atom. The van der Waals surface area contributed by atoms with E-state index in [2.05, 4.69) is 0 Å². The number of allylic oxidation sites excluding steroid dienone is 15. The van der Waals surface area contributed by atoms with Gasteiger partial charge in [0.15, 0.2) is 0 Å². The molecule has 0 saturated carbocycles. The molecular formula is C35H47IrN4O4-5. The molecule has 1 aliphatic carbocycles. The molecule has 0 aromatic heterocycles. The number of carbonyl (C=O) groups is 2. The standard InChI is InChI=1S/C34H46N4O4.CH3.Ir/c1-7-25-12-9-11-21(3)28(8-2)32(38)20-31(37)24(6)27(16-18-34(41)42)14-10-13-26(15-17-33(39)40)23(5)30(36)19-29(35)22(25)4;;/h9-13,19-20H,7-8,14-18H2,1-6H3,(H7-2,35,36,37,38,39,40,41,42);1H3;/q-2;-1;/p-2/b13-10+,26-23+,27-24+;;. The minimum absolute atomic E-state index is 0. The fourth-order valence-electron chi connectivity index (χ4n) is 4.50. The second-order valence-electron chi connectivity index (χ2n) is 10.2. The van der Waals surface area contributed by atoms with Crippen LogP contribution in [0.3, 0.4) is 0 Å². The maximum absolute atomic E-state index is 11.3. The molecule has 8 nitrogen and oxygen atoms in total. The van der Waals surface area contributed by atoms with E-state index in [1.807, 2.05) is 39.0 Å². The first-order valence-corrected chi connectivity index (χ1v) is 14.1. The van der Waals surface area contributed by atoms with E-state index in [-0.39, 0.29) is 76.0 Å². The minimum atomic E-state index is -0.977. The number of carboxylic acids is 2. The van der Waals surface area contributed by atoms with Gasteiger partial charge >= 0.3 is 11.9 Å². The van der Waals surface area contributed by atoms with Gasteiger partial charge in [0.25, 0.3) is 0 Å². The molecule has 1 aliphatic rings. The molecule has 1 rings (SSSR count). The zero-order valence-corrected chi connectivity index (χ0v) is 29.4. The molecule has 0 aromatic rings. The van der Waals surface area contributed by atoms with Gasteiger partial charge in [-0.3, -0.25) is 9.59 Å². The molecule has 0 heterocycles. The molecule has 44 heavy (non-hydrogen) atoms. The molecule has 0 aromatic carbocycles. The van der Waals surface area contributed by atoms with Gasteiger partial charge in [-0.25, -0.2) is 0 Å². The Morgan fingerprint density at radius 2 is 1.39 bits per heavy atom. The fraction of sp³-hybridized carbons (Fsp3) is 0.371. The molecule has 0 aliphatic heterocycles. The number of nitrogens with zero attached hydrogens (tertiary/aromatic N) is 1. The average Bonchev–Trinajstić information content (AvgIpc) is 2.92. The summed E-state index contributed by atoms with van der Waals surface area (Å²) in [5, 5.41) is 29.4. The molecule has 245 valence electrons. The molecule has 0 spiro atoms. The van der Waals surface area contributed by atoms with Gasteiger partial charge in [0.1, 0.15) is 0 Å². The predicted molar refractivity (Wildman–Crippen MR) is 180 cm³/mol. The first-order valence-electron chi connectivity index (χ1n) is 14.1. The van der Waals surface area contributed by atoms with Crippen molar-refractivity contribution in [3.63, 3.8) is 0 Å². The number of hydrogen-bond acceptors (Lipinski definition) is 2. The van der Waals surface area contributed by atoms with Crippen molar-refractivity contribution in [1.82, 2.24) is 0 Å². The van der Waals surface area contributed by atoms with Gasteiger partial charge in [-0.15, -0.1) is 17.1 Å². The summed E-state index contributed by atoms with van der Waals surface area (Å²) >= 11 is 0. The van der Waals surface area contributed by atoms with Crippen molar-refractivity contribution in [3.8, 4) is 0 Å². The molecule has 9 heteroatoms. The minimum Gasteiger partial charge on any atom is -0.804 e. The summed E-state index contributed by atoms with van der Waals surface area (Å²) in [6.45, 7) is 11.1. The van der Waals surface area contributed by atoms with Gasteiger partial charge in [0, 0.05) is 32.9 Å². The van der Waals surface area contributed by atoms with Gasteiger partial charge in [-0.1, -0.05) is 84.2 Å². The molecule has 0 amide bonds. The number of hydrogen-bond donors (Lipinski definition) is 2. The zero-order chi connectivity index (χ0) is 32.0. The molecule has 0 atom stereocenters. The molecule has 1 radical (unpaired) electrons. The Labute approximate surface area is 277 Å². The van der Waals surface area contributed by atoms with Crippen LogP contribution in [0.5, 0.6) is 0 Å². The molecule has 0 fully saturated rings. The van der Waals surface area contributed by atoms with Gasteiger partial charge in [-0.2, -0.15) is 5.71 Å². The van der Waals surface area contributed by atoms with E-state index in [0.717, 1.165) is 22.3 Å². The number of aliphatic carboxylic acids is 2. The van der Waals surface area contributed by atoms with Crippen LogP contribution in [0, 0.1) is 7.43 Å². The first kappa shape index (κ1) is 42.5. The normalized spacial score (nSPS) is 27.7. The van der Waals surface area contributed by atoms with Crippen LogP contribution in [0.15, 0.2) is 104 Å². The van der Waals surface area contributed by atoms with Crippen LogP contribution in [0.4, 0.5) is 0 Å². The topological polar surface area (TPSA) is 168 Å². The Morgan fingerprint density at radius 1 is 0.818 bits per heavy atom. The monoisotopic (exact) mass is 780 g/mol. The predicted octanol–water partition coefficient (Wildman–Crippen LogP) is 10.6. The molecule has 0 saturated heterocycles. The number of rotatable bonds is 8. The molecule has 0 bridgehead atoms. The van der Waals surface area contributed by atoms with Crippen LogP contribution in [-0.2, 0) is 29.7 Å². The summed E-state index contributed by atoms with van der Waals surface area (Å²) in [5.41, 5.74) is 31.9. The second kappa shape index (κ2) is 21.1. The maximum atomic E-state index is 11.3. The Bertz CT molecular complexity index is 1350. The number of nitrogens with one attached hydrogen (secondary N) is 3. The Kier molecular flexibility index (Phi) is 20.3. The third-order valence-electron chi connectivity index (χ3n) is 7.37. The summed E-state index contributed by atoms with van der Waals surface area (Å²) in [6, 6.07) is 0. The van der Waals surface area contributed by atoms with Crippen molar-refractivity contribution < 1.29 is 39.9 Å². The van der Waals surface area contributed by atoms with Crippen LogP contribution >= 0.6 is 0 Å². The van der Waals surface area contributed by atoms with Crippen molar-refractivity contribution in [1.29, 1.82) is 0 Å². The van der Waals surface area contributed by atoms with E-state index in [1.54, 1.807) is 32.9 Å². The van der Waals surface area contributed by atoms with Crippen LogP contribution in [-0.4, -0.2) is 27.9 Å². The quantitative estimate of drug-likeness (QED) is 0.234. The van der Waals surface area contributed by atoms with Gasteiger partial charge in [-0.05, 0) is 76.5 Å². The van der Waals surface area contributed by atoms with Crippen molar-refractivity contribution >= 4 is 17.7 Å². The van der Waals surface area contributed by atoms with E-state index in [0.29, 0.717) is 41.6 Å². The zero-order valence-electron chi connectivity index (χ0n) is 27.0. The van der Waals surface area contributed by atoms with Gasteiger partial charge in [0.05, 0.1) is 0 Å². The Balaban J connectivity index is 0. The smallest absolute Gasteiger partial charge is 0.303 e. The van der Waals surface area contributed by atoms with Crippen LogP contribution < -0.4 is 0 Å². The third kappa shape index (κ3) is 13.7. The summed E-state index contributed by atoms with van der Waals surface area (Å²) < 4.78 is 0. The van der Waals surface area contributed by atoms with E-state index >= 15 is 0 Å². The summed E-state index contributed by atoms with van der Waals surface area (Å²) in [4.78, 5) is 22.7. The van der Waals surface area contributed by atoms with Gasteiger partial charge < -0.3 is 40.2 Å². The van der Waals surface area contributed by atoms with Crippen LogP contribution in [0.2, 0.25) is 0 Å². The van der Waals surface area contributed by atoms with E-state index in [4.69, 9.17) is 17.2 Å². The van der Waals surface area contributed by atoms with Crippen LogP contribution in [0.25, 0.3) is 22.6 Å². The van der Waals surface area contributed by atoms with E-state index in [1.165, 1.54) is 12.2 Å². The van der Waals surface area contributed by atoms with Crippen molar-refractivity contribution in [2.75, 3.05) is 0 Å². The van der Waals surface area contributed by atoms with E-state index < -0.39 is 11.9 Å². The summed E-state index contributed by atoms with van der Waals surface area (Å²) in [5.74, 6) is -1.94. The second-order valence-corrected chi connectivity index (χ2v) is 10.2. The van der Waals surface area contributed by atoms with Crippen molar-refractivity contribution in [3.05, 3.63) is 134 Å². The SMILES string of the molecule is CCC1=C(/C)C(=[N-])/C=C([NH-])/C(C)=C(CCC(=O)O)\C=C\C\C(CCC(=O)O)=C(C)/C([NH-])=C/C([NH-])=C(CC)/C(C)=C/C=C/1.[CH3-].[Ir]. The average molecular weight is 780 g/mol. The summed E-state index contributed by atoms with van der Waals surface area (Å²) in [7, 11) is 0. The van der Waals surface area contributed by atoms with Gasteiger partial charge in [0.2, 0.25) is 0 Å². The van der Waals surface area contributed by atoms with Crippen molar-refractivity contribution in [2.24, 2.45) is 0 Å². The Hall–Kier alpha value is -3.68. The third-order valence-corrected chi connectivity index (χ3v) is 7.37. The summed E-state index contributed by atoms with van der Waals surface area (Å²) in [6.07, 6.45) is 13.7. The largest absolute Gasteiger partial charge is 0.804 e. The van der Waals surface area contributed by atoms with Crippen LogP contribution in [0.1, 0.15) is 86.5 Å². The molecule has 0 unspecified atom stereocenters. The molecule has 5 N–H and O–H groups in total. The maximum Gasteiger partial charge on any atom is 0.303 e. The van der Waals surface area contributed by atoms with Crippen molar-refractivity contribution in [2.45, 2.75) is 86.5 Å².